The zero-order chi connectivity index (χ0) is 8.85. The summed E-state index contributed by atoms with van der Waals surface area (Å²) in [6.07, 6.45) is 0. The van der Waals surface area contributed by atoms with Crippen molar-refractivity contribution < 1.29 is 14.3 Å². The van der Waals surface area contributed by atoms with Crippen molar-refractivity contribution in [1.82, 2.24) is 0 Å². The van der Waals surface area contributed by atoms with Crippen molar-refractivity contribution in [2.24, 2.45) is 0 Å². The number of hydrogen-bond acceptors (Lipinski definition) is 2. The third-order valence-electron chi connectivity index (χ3n) is 0.778. The maximum atomic E-state index is 12.0. The summed E-state index contributed by atoms with van der Waals surface area (Å²) in [6, 6.07) is 0.993. The predicted molar refractivity (Wildman–Crippen MR) is 42.6 cm³/mol. The fraction of sp³-hybridized carbons (Fsp3) is 0.286. The molecular formula is C7H9FO2S. The van der Waals surface area contributed by atoms with Gasteiger partial charge in [0.15, 0.2) is 0 Å². The van der Waals surface area contributed by atoms with Gasteiger partial charge in [-0.05, 0) is 6.07 Å². The Hall–Kier alpha value is -0.900. The molecule has 1 rings (SSSR count). The van der Waals surface area contributed by atoms with Gasteiger partial charge in [-0.25, -0.2) is 9.18 Å². The molecule has 1 aromatic rings. The highest BCUT2D eigenvalue weighted by molar-refractivity contribution is 7.11. The lowest BCUT2D eigenvalue weighted by Crippen LogP contribution is -1.89. The highest BCUT2D eigenvalue weighted by Gasteiger charge is 2.04. The van der Waals surface area contributed by atoms with Crippen molar-refractivity contribution in [3.8, 4) is 0 Å². The molecule has 11 heavy (non-hydrogen) atoms. The van der Waals surface area contributed by atoms with Crippen LogP contribution in [0.2, 0.25) is 0 Å². The highest BCUT2D eigenvalue weighted by atomic mass is 32.1. The van der Waals surface area contributed by atoms with Gasteiger partial charge in [0.2, 0.25) is 0 Å². The first-order valence-corrected chi connectivity index (χ1v) is 4.05. The first-order chi connectivity index (χ1) is 5.20. The monoisotopic (exact) mass is 176 g/mol. The van der Waals surface area contributed by atoms with E-state index in [1.165, 1.54) is 0 Å². The molecule has 0 saturated heterocycles. The Bertz CT molecular complexity index is 232. The maximum Gasteiger partial charge on any atom is 0.345 e. The second-order valence-electron chi connectivity index (χ2n) is 1.43. The van der Waals surface area contributed by atoms with Crippen molar-refractivity contribution in [3.05, 3.63) is 22.1 Å². The first kappa shape index (κ1) is 10.1. The van der Waals surface area contributed by atoms with E-state index in [4.69, 9.17) is 5.11 Å². The van der Waals surface area contributed by atoms with Crippen molar-refractivity contribution in [2.45, 2.75) is 13.8 Å². The zero-order valence-corrected chi connectivity index (χ0v) is 7.11. The molecule has 1 heterocycles. The van der Waals surface area contributed by atoms with Gasteiger partial charge in [0.05, 0.1) is 0 Å². The van der Waals surface area contributed by atoms with Crippen LogP contribution in [0.1, 0.15) is 23.5 Å². The summed E-state index contributed by atoms with van der Waals surface area (Å²) in [7, 11) is 0. The third-order valence-corrected chi connectivity index (χ3v) is 1.67. The molecule has 0 spiro atoms. The molecule has 0 aliphatic heterocycles. The van der Waals surface area contributed by atoms with E-state index in [1.54, 1.807) is 0 Å². The van der Waals surface area contributed by atoms with E-state index in [1.807, 2.05) is 13.8 Å². The van der Waals surface area contributed by atoms with Gasteiger partial charge in [-0.3, -0.25) is 0 Å². The molecule has 4 heteroatoms. The molecule has 0 bridgehead atoms. The van der Waals surface area contributed by atoms with Crippen LogP contribution in [0.3, 0.4) is 0 Å². The molecule has 0 atom stereocenters. The first-order valence-electron chi connectivity index (χ1n) is 3.17. The van der Waals surface area contributed by atoms with Crippen LogP contribution in [-0.4, -0.2) is 11.1 Å². The molecule has 1 aromatic heterocycles. The Labute approximate surface area is 68.3 Å². The summed E-state index contributed by atoms with van der Waals surface area (Å²) in [5.74, 6) is -1.57. The Kier molecular flexibility index (Phi) is 4.45. The molecule has 0 aliphatic rings. The summed E-state index contributed by atoms with van der Waals surface area (Å²) < 4.78 is 12.0. The molecular weight excluding hydrogens is 167 g/mol. The van der Waals surface area contributed by atoms with Crippen LogP contribution < -0.4 is 0 Å². The molecule has 0 aromatic carbocycles. The second kappa shape index (κ2) is 4.85. The van der Waals surface area contributed by atoms with Crippen molar-refractivity contribution in [2.75, 3.05) is 0 Å². The van der Waals surface area contributed by atoms with Crippen LogP contribution in [0, 0.1) is 5.82 Å². The molecule has 2 nitrogen and oxygen atoms in total. The highest BCUT2D eigenvalue weighted by Crippen LogP contribution is 2.11. The Balaban J connectivity index is 0.000000461. The van der Waals surface area contributed by atoms with Crippen LogP contribution in [0.4, 0.5) is 4.39 Å². The summed E-state index contributed by atoms with van der Waals surface area (Å²) >= 11 is 0.883. The number of halogens is 1. The van der Waals surface area contributed by atoms with Gasteiger partial charge in [-0.15, -0.1) is 11.3 Å². The van der Waals surface area contributed by atoms with E-state index in [2.05, 4.69) is 0 Å². The van der Waals surface area contributed by atoms with Gasteiger partial charge in [0.1, 0.15) is 10.7 Å². The minimum absolute atomic E-state index is 0.0347. The summed E-state index contributed by atoms with van der Waals surface area (Å²) in [5.41, 5.74) is 0. The Morgan fingerprint density at radius 1 is 1.64 bits per heavy atom. The van der Waals surface area contributed by atoms with Gasteiger partial charge in [0, 0.05) is 5.38 Å². The standard InChI is InChI=1S/C5H3FO2S.C2H6/c6-3-1-4(5(7)8)9-2-3;1-2/h1-2H,(H,7,8);1-2H3. The maximum absolute atomic E-state index is 12.0. The number of rotatable bonds is 1. The second-order valence-corrected chi connectivity index (χ2v) is 2.35. The number of thiophene rings is 1. The smallest absolute Gasteiger partial charge is 0.345 e. The van der Waals surface area contributed by atoms with Crippen LogP contribution in [0.5, 0.6) is 0 Å². The van der Waals surface area contributed by atoms with E-state index < -0.39 is 11.8 Å². The number of hydrogen-bond donors (Lipinski definition) is 1. The number of carboxylic acid groups (broad SMARTS) is 1. The molecule has 62 valence electrons. The average Bonchev–Trinajstić information content (AvgIpc) is 2.40. The van der Waals surface area contributed by atoms with Crippen LogP contribution in [0.15, 0.2) is 11.4 Å². The quantitative estimate of drug-likeness (QED) is 0.714. The lowest BCUT2D eigenvalue weighted by molar-refractivity contribution is 0.0702. The van der Waals surface area contributed by atoms with Crippen molar-refractivity contribution >= 4 is 17.3 Å². The SMILES string of the molecule is CC.O=C(O)c1cc(F)cs1. The fourth-order valence-electron chi connectivity index (χ4n) is 0.425. The van der Waals surface area contributed by atoms with E-state index in [0.29, 0.717) is 0 Å². The average molecular weight is 176 g/mol. The molecule has 0 aliphatic carbocycles. The lowest BCUT2D eigenvalue weighted by Gasteiger charge is -1.78. The summed E-state index contributed by atoms with van der Waals surface area (Å²) in [4.78, 5) is 10.1. The van der Waals surface area contributed by atoms with E-state index in [-0.39, 0.29) is 4.88 Å². The minimum atomic E-state index is -1.08. The van der Waals surface area contributed by atoms with E-state index >= 15 is 0 Å². The molecule has 0 unspecified atom stereocenters. The van der Waals surface area contributed by atoms with Crippen molar-refractivity contribution in [1.29, 1.82) is 0 Å². The van der Waals surface area contributed by atoms with Crippen LogP contribution in [-0.2, 0) is 0 Å². The van der Waals surface area contributed by atoms with Crippen molar-refractivity contribution in [3.63, 3.8) is 0 Å². The fourth-order valence-corrected chi connectivity index (χ4v) is 1.01. The van der Waals surface area contributed by atoms with Gasteiger partial charge in [0.25, 0.3) is 0 Å². The Morgan fingerprint density at radius 2 is 2.18 bits per heavy atom. The van der Waals surface area contributed by atoms with Gasteiger partial charge in [-0.1, -0.05) is 13.8 Å². The van der Waals surface area contributed by atoms with Gasteiger partial charge < -0.3 is 5.11 Å². The van der Waals surface area contributed by atoms with Crippen LogP contribution >= 0.6 is 11.3 Å². The lowest BCUT2D eigenvalue weighted by atomic mass is 10.5. The normalized spacial score (nSPS) is 8.27. The molecule has 1 N–H and O–H groups in total. The molecule has 0 amide bonds. The third kappa shape index (κ3) is 3.13. The molecule has 0 saturated carbocycles. The Morgan fingerprint density at radius 3 is 2.36 bits per heavy atom. The van der Waals surface area contributed by atoms with Gasteiger partial charge >= 0.3 is 5.97 Å². The largest absolute Gasteiger partial charge is 0.477 e. The molecule has 0 fully saturated rings. The number of carboxylic acids is 1. The minimum Gasteiger partial charge on any atom is -0.477 e. The van der Waals surface area contributed by atoms with Crippen LogP contribution in [0.25, 0.3) is 0 Å². The molecule has 0 radical (unpaired) electrons. The number of carbonyl (C=O) groups is 1. The topological polar surface area (TPSA) is 37.3 Å². The predicted octanol–water partition coefficient (Wildman–Crippen LogP) is 2.61. The van der Waals surface area contributed by atoms with E-state index in [0.717, 1.165) is 22.8 Å². The van der Waals surface area contributed by atoms with E-state index in [9.17, 15) is 9.18 Å². The van der Waals surface area contributed by atoms with Gasteiger partial charge in [-0.2, -0.15) is 0 Å². The zero-order valence-electron chi connectivity index (χ0n) is 6.30. The summed E-state index contributed by atoms with van der Waals surface area (Å²) in [5, 5.41) is 9.40. The number of aromatic carboxylic acids is 1. The summed E-state index contributed by atoms with van der Waals surface area (Å²) in [6.45, 7) is 4.00.